The van der Waals surface area contributed by atoms with Crippen LogP contribution < -0.4 is 10.6 Å². The van der Waals surface area contributed by atoms with E-state index in [2.05, 4.69) is 20.6 Å². The Hall–Kier alpha value is -3.58. The summed E-state index contributed by atoms with van der Waals surface area (Å²) in [5, 5.41) is 6.14. The summed E-state index contributed by atoms with van der Waals surface area (Å²) in [4.78, 5) is 33.9. The molecule has 144 valence electrons. The maximum atomic E-state index is 12.9. The molecule has 0 saturated heterocycles. The number of carbonyl (C=O) groups is 2. The molecule has 0 radical (unpaired) electrons. The predicted octanol–water partition coefficient (Wildman–Crippen LogP) is 4.81. The number of nitrogens with zero attached hydrogens (tertiary/aromatic N) is 2. The summed E-state index contributed by atoms with van der Waals surface area (Å²) in [6.07, 6.45) is 1.55. The Morgan fingerprint density at radius 1 is 0.897 bits per heavy atom. The summed E-state index contributed by atoms with van der Waals surface area (Å²) < 4.78 is 1.01. The van der Waals surface area contributed by atoms with E-state index in [1.54, 1.807) is 36.5 Å². The lowest BCUT2D eigenvalue weighted by Gasteiger charge is -2.11. The topological polar surface area (TPSA) is 84.0 Å². The number of carbonyl (C=O) groups excluding carboxylic acids is 2. The highest BCUT2D eigenvalue weighted by Crippen LogP contribution is 2.28. The SMILES string of the molecule is Cc1ccc(NC(=O)c2ccccn2)c(C(=O)Nc2nc3ccc(C)cc3s2)c1. The van der Waals surface area contributed by atoms with Crippen molar-refractivity contribution in [2.45, 2.75) is 13.8 Å². The summed E-state index contributed by atoms with van der Waals surface area (Å²) in [7, 11) is 0. The van der Waals surface area contributed by atoms with Gasteiger partial charge in [-0.25, -0.2) is 4.98 Å². The monoisotopic (exact) mass is 402 g/mol. The summed E-state index contributed by atoms with van der Waals surface area (Å²) in [6.45, 7) is 3.91. The molecule has 0 aliphatic carbocycles. The first kappa shape index (κ1) is 18.8. The highest BCUT2D eigenvalue weighted by molar-refractivity contribution is 7.22. The van der Waals surface area contributed by atoms with Crippen LogP contribution in [0.15, 0.2) is 60.8 Å². The summed E-state index contributed by atoms with van der Waals surface area (Å²) in [5.41, 5.74) is 3.94. The van der Waals surface area contributed by atoms with E-state index in [9.17, 15) is 9.59 Å². The van der Waals surface area contributed by atoms with Crippen LogP contribution in [-0.4, -0.2) is 21.8 Å². The van der Waals surface area contributed by atoms with Crippen LogP contribution in [0.4, 0.5) is 10.8 Å². The van der Waals surface area contributed by atoms with Gasteiger partial charge in [0.25, 0.3) is 11.8 Å². The van der Waals surface area contributed by atoms with E-state index < -0.39 is 0 Å². The normalized spacial score (nSPS) is 10.7. The molecule has 2 aromatic carbocycles. The molecule has 2 amide bonds. The Morgan fingerprint density at radius 3 is 2.48 bits per heavy atom. The van der Waals surface area contributed by atoms with Crippen molar-refractivity contribution < 1.29 is 9.59 Å². The molecule has 7 heteroatoms. The van der Waals surface area contributed by atoms with Crippen molar-refractivity contribution >= 4 is 44.2 Å². The number of fused-ring (bicyclic) bond motifs is 1. The maximum Gasteiger partial charge on any atom is 0.274 e. The van der Waals surface area contributed by atoms with Gasteiger partial charge in [-0.05, 0) is 55.8 Å². The first-order chi connectivity index (χ1) is 14.0. The first-order valence-corrected chi connectivity index (χ1v) is 9.83. The molecule has 0 fully saturated rings. The Kier molecular flexibility index (Phi) is 5.05. The van der Waals surface area contributed by atoms with E-state index in [1.165, 1.54) is 11.3 Å². The number of anilines is 2. The van der Waals surface area contributed by atoms with Crippen molar-refractivity contribution in [3.05, 3.63) is 83.2 Å². The van der Waals surface area contributed by atoms with E-state index >= 15 is 0 Å². The zero-order valence-corrected chi connectivity index (χ0v) is 16.7. The smallest absolute Gasteiger partial charge is 0.274 e. The van der Waals surface area contributed by atoms with Crippen LogP contribution in [0.3, 0.4) is 0 Å². The second-order valence-electron chi connectivity index (χ2n) is 6.66. The Bertz CT molecular complexity index is 1220. The molecule has 2 N–H and O–H groups in total. The van der Waals surface area contributed by atoms with Gasteiger partial charge in [-0.15, -0.1) is 0 Å². The van der Waals surface area contributed by atoms with E-state index in [0.29, 0.717) is 16.4 Å². The molecule has 2 aromatic heterocycles. The fraction of sp³-hybridized carbons (Fsp3) is 0.0909. The zero-order chi connectivity index (χ0) is 20.4. The Balaban J connectivity index is 1.60. The van der Waals surface area contributed by atoms with Gasteiger partial charge < -0.3 is 5.32 Å². The molecule has 0 bridgehead atoms. The summed E-state index contributed by atoms with van der Waals surface area (Å²) in [6, 6.07) is 16.3. The zero-order valence-electron chi connectivity index (χ0n) is 15.9. The molecule has 4 aromatic rings. The van der Waals surface area contributed by atoms with Gasteiger partial charge in [0.05, 0.1) is 21.5 Å². The maximum absolute atomic E-state index is 12.9. The molecule has 29 heavy (non-hydrogen) atoms. The van der Waals surface area contributed by atoms with Gasteiger partial charge in [0.1, 0.15) is 5.69 Å². The fourth-order valence-corrected chi connectivity index (χ4v) is 3.85. The van der Waals surface area contributed by atoms with E-state index in [1.807, 2.05) is 38.1 Å². The van der Waals surface area contributed by atoms with Gasteiger partial charge in [0.2, 0.25) is 0 Å². The Morgan fingerprint density at radius 2 is 1.69 bits per heavy atom. The average molecular weight is 402 g/mol. The number of amides is 2. The number of hydrogen-bond donors (Lipinski definition) is 2. The van der Waals surface area contributed by atoms with Crippen molar-refractivity contribution in [3.8, 4) is 0 Å². The van der Waals surface area contributed by atoms with Gasteiger partial charge in [-0.3, -0.25) is 19.9 Å². The van der Waals surface area contributed by atoms with Gasteiger partial charge in [0, 0.05) is 6.20 Å². The molecule has 0 atom stereocenters. The quantitative estimate of drug-likeness (QED) is 0.513. The number of thiazole rings is 1. The number of benzene rings is 2. The highest BCUT2D eigenvalue weighted by atomic mass is 32.1. The van der Waals surface area contributed by atoms with Crippen LogP contribution in [0, 0.1) is 13.8 Å². The number of aryl methyl sites for hydroxylation is 2. The van der Waals surface area contributed by atoms with Crippen molar-refractivity contribution in [1.29, 1.82) is 0 Å². The molecule has 0 unspecified atom stereocenters. The van der Waals surface area contributed by atoms with Crippen molar-refractivity contribution in [2.24, 2.45) is 0 Å². The van der Waals surface area contributed by atoms with Gasteiger partial charge in [0.15, 0.2) is 5.13 Å². The number of hydrogen-bond acceptors (Lipinski definition) is 5. The third kappa shape index (κ3) is 4.14. The fourth-order valence-electron chi connectivity index (χ4n) is 2.89. The van der Waals surface area contributed by atoms with Gasteiger partial charge in [-0.1, -0.05) is 35.1 Å². The molecular weight excluding hydrogens is 384 g/mol. The van der Waals surface area contributed by atoms with Crippen LogP contribution in [0.5, 0.6) is 0 Å². The molecular formula is C22H18N4O2S. The van der Waals surface area contributed by atoms with E-state index in [0.717, 1.165) is 21.3 Å². The minimum Gasteiger partial charge on any atom is -0.320 e. The lowest BCUT2D eigenvalue weighted by molar-refractivity contribution is 0.102. The number of pyridine rings is 1. The molecule has 6 nitrogen and oxygen atoms in total. The molecule has 4 rings (SSSR count). The first-order valence-electron chi connectivity index (χ1n) is 9.01. The molecule has 2 heterocycles. The Labute approximate surface area is 171 Å². The third-order valence-corrected chi connectivity index (χ3v) is 5.26. The largest absolute Gasteiger partial charge is 0.320 e. The van der Waals surface area contributed by atoms with Crippen molar-refractivity contribution in [2.75, 3.05) is 10.6 Å². The van der Waals surface area contributed by atoms with Crippen LogP contribution in [0.1, 0.15) is 32.0 Å². The highest BCUT2D eigenvalue weighted by Gasteiger charge is 2.17. The van der Waals surface area contributed by atoms with E-state index in [-0.39, 0.29) is 17.5 Å². The number of nitrogens with one attached hydrogen (secondary N) is 2. The average Bonchev–Trinajstić information content (AvgIpc) is 3.11. The summed E-state index contributed by atoms with van der Waals surface area (Å²) >= 11 is 1.41. The number of aromatic nitrogens is 2. The van der Waals surface area contributed by atoms with E-state index in [4.69, 9.17) is 0 Å². The standard InChI is InChI=1S/C22H18N4O2S/c1-13-6-8-16(24-21(28)18-5-3-4-10-23-18)15(11-13)20(27)26-22-25-17-9-7-14(2)12-19(17)29-22/h3-12H,1-2H3,(H,24,28)(H,25,26,27). The van der Waals surface area contributed by atoms with Crippen LogP contribution in [0.2, 0.25) is 0 Å². The minimum atomic E-state index is -0.376. The third-order valence-electron chi connectivity index (χ3n) is 4.33. The van der Waals surface area contributed by atoms with Crippen molar-refractivity contribution in [1.82, 2.24) is 9.97 Å². The molecule has 0 saturated carbocycles. The minimum absolute atomic E-state index is 0.279. The van der Waals surface area contributed by atoms with Crippen LogP contribution >= 0.6 is 11.3 Å². The van der Waals surface area contributed by atoms with Gasteiger partial charge in [-0.2, -0.15) is 0 Å². The number of rotatable bonds is 4. The predicted molar refractivity (Wildman–Crippen MR) is 116 cm³/mol. The lowest BCUT2D eigenvalue weighted by Crippen LogP contribution is -2.19. The van der Waals surface area contributed by atoms with Gasteiger partial charge >= 0.3 is 0 Å². The second-order valence-corrected chi connectivity index (χ2v) is 7.69. The molecule has 0 aliphatic rings. The van der Waals surface area contributed by atoms with Crippen LogP contribution in [0.25, 0.3) is 10.2 Å². The molecule has 0 aliphatic heterocycles. The summed E-state index contributed by atoms with van der Waals surface area (Å²) in [5.74, 6) is -0.709. The van der Waals surface area contributed by atoms with Crippen molar-refractivity contribution in [3.63, 3.8) is 0 Å². The lowest BCUT2D eigenvalue weighted by atomic mass is 10.1. The van der Waals surface area contributed by atoms with Crippen LogP contribution in [-0.2, 0) is 0 Å². The molecule has 0 spiro atoms. The second kappa shape index (κ2) is 7.81.